The highest BCUT2D eigenvalue weighted by Crippen LogP contribution is 2.19. The van der Waals surface area contributed by atoms with Crippen LogP contribution in [0.1, 0.15) is 271 Å². The van der Waals surface area contributed by atoms with E-state index in [4.69, 9.17) is 9.84 Å². The predicted molar refractivity (Wildman–Crippen MR) is 214 cm³/mol. The molecule has 292 valence electrons. The highest BCUT2D eigenvalue weighted by Gasteiger charge is 2.14. The molecule has 0 spiro atoms. The first-order chi connectivity index (χ1) is 24.1. The van der Waals surface area contributed by atoms with Gasteiger partial charge in [0.25, 0.3) is 0 Å². The molecule has 0 bridgehead atoms. The van der Waals surface area contributed by atoms with E-state index in [1.54, 1.807) is 0 Å². The Labute approximate surface area is 307 Å². The summed E-state index contributed by atoms with van der Waals surface area (Å²) in [7, 11) is 0. The van der Waals surface area contributed by atoms with Crippen molar-refractivity contribution in [1.29, 1.82) is 0 Å². The normalized spacial score (nSPS) is 12.0. The highest BCUT2D eigenvalue weighted by molar-refractivity contribution is 5.69. The van der Waals surface area contributed by atoms with Crippen LogP contribution < -0.4 is 0 Å². The van der Waals surface area contributed by atoms with Gasteiger partial charge in [0.05, 0.1) is 0 Å². The summed E-state index contributed by atoms with van der Waals surface area (Å²) in [5.41, 5.74) is 0. The van der Waals surface area contributed by atoms with Gasteiger partial charge in [-0.3, -0.25) is 9.59 Å². The Morgan fingerprint density at radius 3 is 0.898 bits per heavy atom. The number of unbranched alkanes of at least 4 members (excludes halogenated alkanes) is 33. The number of esters is 1. The standard InChI is InChI=1S/C45H88O4/c1-3-5-7-9-11-13-14-15-16-17-18-19-20-21-22-23-24-25-26-27-29-34-38-42-45(48)49-43(39-35-31-28-12-10-8-6-4-2)40-36-32-30-33-37-41-44(46)47/h43H,3-42H2,1-2H3,(H,46,47). The van der Waals surface area contributed by atoms with Crippen molar-refractivity contribution in [3.05, 3.63) is 0 Å². The van der Waals surface area contributed by atoms with Crippen molar-refractivity contribution in [2.45, 2.75) is 277 Å². The number of carboxylic acid groups (broad SMARTS) is 1. The molecule has 0 aromatic heterocycles. The van der Waals surface area contributed by atoms with Crippen LogP contribution in [-0.4, -0.2) is 23.1 Å². The number of hydrogen-bond donors (Lipinski definition) is 1. The second-order valence-corrected chi connectivity index (χ2v) is 15.6. The first kappa shape index (κ1) is 47.9. The fraction of sp³-hybridized carbons (Fsp3) is 0.956. The molecule has 4 nitrogen and oxygen atoms in total. The molecule has 0 fully saturated rings. The van der Waals surface area contributed by atoms with Gasteiger partial charge >= 0.3 is 11.9 Å². The molecule has 0 aliphatic heterocycles. The van der Waals surface area contributed by atoms with E-state index in [0.29, 0.717) is 6.42 Å². The van der Waals surface area contributed by atoms with Crippen molar-refractivity contribution in [3.63, 3.8) is 0 Å². The predicted octanol–water partition coefficient (Wildman–Crippen LogP) is 15.6. The molecule has 0 aliphatic rings. The summed E-state index contributed by atoms with van der Waals surface area (Å²) in [5, 5.41) is 8.81. The van der Waals surface area contributed by atoms with Crippen LogP contribution in [0.15, 0.2) is 0 Å². The van der Waals surface area contributed by atoms with Gasteiger partial charge in [0.15, 0.2) is 0 Å². The van der Waals surface area contributed by atoms with E-state index < -0.39 is 5.97 Å². The van der Waals surface area contributed by atoms with Crippen LogP contribution in [0.2, 0.25) is 0 Å². The summed E-state index contributed by atoms with van der Waals surface area (Å²) in [6, 6.07) is 0. The molecule has 0 heterocycles. The molecular weight excluding hydrogens is 604 g/mol. The Bertz CT molecular complexity index is 662. The van der Waals surface area contributed by atoms with Gasteiger partial charge in [-0.15, -0.1) is 0 Å². The molecule has 4 heteroatoms. The third-order valence-electron chi connectivity index (χ3n) is 10.6. The minimum absolute atomic E-state index is 0.00882. The number of carbonyl (C=O) groups is 2. The molecule has 0 saturated heterocycles. The smallest absolute Gasteiger partial charge is 0.306 e. The molecule has 1 atom stereocenters. The third-order valence-corrected chi connectivity index (χ3v) is 10.6. The minimum atomic E-state index is -0.696. The molecule has 0 radical (unpaired) electrons. The maximum absolute atomic E-state index is 12.7. The van der Waals surface area contributed by atoms with Gasteiger partial charge in [0.1, 0.15) is 6.10 Å². The molecule has 0 amide bonds. The number of carbonyl (C=O) groups excluding carboxylic acids is 1. The Hall–Kier alpha value is -1.06. The highest BCUT2D eigenvalue weighted by atomic mass is 16.5. The van der Waals surface area contributed by atoms with E-state index in [0.717, 1.165) is 64.2 Å². The average Bonchev–Trinajstić information content (AvgIpc) is 3.09. The van der Waals surface area contributed by atoms with Gasteiger partial charge in [-0.1, -0.05) is 219 Å². The van der Waals surface area contributed by atoms with E-state index in [9.17, 15) is 9.59 Å². The molecule has 0 rings (SSSR count). The maximum atomic E-state index is 12.7. The Morgan fingerprint density at radius 1 is 0.367 bits per heavy atom. The first-order valence-electron chi connectivity index (χ1n) is 22.5. The molecule has 49 heavy (non-hydrogen) atoms. The second kappa shape index (κ2) is 41.4. The number of hydrogen-bond acceptors (Lipinski definition) is 3. The van der Waals surface area contributed by atoms with Crippen molar-refractivity contribution in [3.8, 4) is 0 Å². The van der Waals surface area contributed by atoms with Gasteiger partial charge in [0, 0.05) is 12.8 Å². The molecule has 0 aromatic rings. The Kier molecular flexibility index (Phi) is 40.5. The lowest BCUT2D eigenvalue weighted by Gasteiger charge is -2.18. The fourth-order valence-electron chi connectivity index (χ4n) is 7.25. The maximum Gasteiger partial charge on any atom is 0.306 e. The Morgan fingerprint density at radius 2 is 0.612 bits per heavy atom. The van der Waals surface area contributed by atoms with Crippen LogP contribution in [0.25, 0.3) is 0 Å². The van der Waals surface area contributed by atoms with Gasteiger partial charge < -0.3 is 9.84 Å². The average molecular weight is 693 g/mol. The van der Waals surface area contributed by atoms with Crippen LogP contribution in [0.4, 0.5) is 0 Å². The zero-order valence-electron chi connectivity index (χ0n) is 33.5. The van der Waals surface area contributed by atoms with E-state index in [-0.39, 0.29) is 18.5 Å². The van der Waals surface area contributed by atoms with Crippen LogP contribution >= 0.6 is 0 Å². The number of carboxylic acids is 1. The van der Waals surface area contributed by atoms with E-state index in [1.807, 2.05) is 0 Å². The molecule has 1 unspecified atom stereocenters. The first-order valence-corrected chi connectivity index (χ1v) is 22.5. The lowest BCUT2D eigenvalue weighted by molar-refractivity contribution is -0.150. The van der Waals surface area contributed by atoms with Crippen molar-refractivity contribution in [2.24, 2.45) is 0 Å². The molecule has 0 aromatic carbocycles. The number of ether oxygens (including phenoxy) is 1. The quantitative estimate of drug-likeness (QED) is 0.0511. The largest absolute Gasteiger partial charge is 0.481 e. The second-order valence-electron chi connectivity index (χ2n) is 15.6. The summed E-state index contributed by atoms with van der Waals surface area (Å²) in [6.07, 6.45) is 50.1. The van der Waals surface area contributed by atoms with Crippen molar-refractivity contribution in [1.82, 2.24) is 0 Å². The Balaban J connectivity index is 3.72. The summed E-state index contributed by atoms with van der Waals surface area (Å²) < 4.78 is 6.00. The summed E-state index contributed by atoms with van der Waals surface area (Å²) in [4.78, 5) is 23.4. The number of aliphatic carboxylic acids is 1. The van der Waals surface area contributed by atoms with Gasteiger partial charge in [-0.2, -0.15) is 0 Å². The molecular formula is C45H88O4. The zero-order chi connectivity index (χ0) is 35.7. The lowest BCUT2D eigenvalue weighted by Crippen LogP contribution is -2.18. The van der Waals surface area contributed by atoms with Crippen LogP contribution in [0.5, 0.6) is 0 Å². The molecule has 0 saturated carbocycles. The van der Waals surface area contributed by atoms with Crippen LogP contribution in [0, 0.1) is 0 Å². The van der Waals surface area contributed by atoms with Crippen LogP contribution in [-0.2, 0) is 14.3 Å². The van der Waals surface area contributed by atoms with E-state index >= 15 is 0 Å². The topological polar surface area (TPSA) is 63.6 Å². The van der Waals surface area contributed by atoms with Crippen LogP contribution in [0.3, 0.4) is 0 Å². The third kappa shape index (κ3) is 41.2. The van der Waals surface area contributed by atoms with Gasteiger partial charge in [-0.25, -0.2) is 0 Å². The monoisotopic (exact) mass is 693 g/mol. The van der Waals surface area contributed by atoms with E-state index in [2.05, 4.69) is 13.8 Å². The summed E-state index contributed by atoms with van der Waals surface area (Å²) >= 11 is 0. The van der Waals surface area contributed by atoms with Gasteiger partial charge in [-0.05, 0) is 38.5 Å². The summed E-state index contributed by atoms with van der Waals surface area (Å²) in [5.74, 6) is -0.687. The summed E-state index contributed by atoms with van der Waals surface area (Å²) in [6.45, 7) is 4.56. The van der Waals surface area contributed by atoms with E-state index in [1.165, 1.54) is 180 Å². The lowest BCUT2D eigenvalue weighted by atomic mass is 10.0. The van der Waals surface area contributed by atoms with Gasteiger partial charge in [0.2, 0.25) is 0 Å². The molecule has 0 aliphatic carbocycles. The zero-order valence-corrected chi connectivity index (χ0v) is 33.5. The molecule has 1 N–H and O–H groups in total. The van der Waals surface area contributed by atoms with Crippen molar-refractivity contribution < 1.29 is 19.4 Å². The fourth-order valence-corrected chi connectivity index (χ4v) is 7.25. The number of rotatable bonds is 42. The van der Waals surface area contributed by atoms with Crippen molar-refractivity contribution >= 4 is 11.9 Å². The van der Waals surface area contributed by atoms with Crippen molar-refractivity contribution in [2.75, 3.05) is 0 Å². The minimum Gasteiger partial charge on any atom is -0.481 e. The SMILES string of the molecule is CCCCCCCCCCCCCCCCCCCCCCCCCC(=O)OC(CCCCCCCCCC)CCCCCCCC(=O)O.